The summed E-state index contributed by atoms with van der Waals surface area (Å²) < 4.78 is 9.03. The number of rotatable bonds is 6. The molecule has 0 bridgehead atoms. The molecule has 0 aliphatic heterocycles. The summed E-state index contributed by atoms with van der Waals surface area (Å²) >= 11 is 0. The van der Waals surface area contributed by atoms with Crippen molar-refractivity contribution >= 4 is 71.5 Å². The van der Waals surface area contributed by atoms with Gasteiger partial charge in [-0.15, -0.1) is 0 Å². The maximum atomic E-state index is 6.65. The van der Waals surface area contributed by atoms with E-state index in [9.17, 15) is 0 Å². The molecule has 2 aromatic heterocycles. The number of aromatic nitrogens is 2. The van der Waals surface area contributed by atoms with Crippen LogP contribution in [0.4, 0.5) is 17.1 Å². The van der Waals surface area contributed by atoms with Crippen LogP contribution in [0.3, 0.4) is 0 Å². The molecule has 9 aromatic carbocycles. The Morgan fingerprint density at radius 1 is 0.455 bits per heavy atom. The second kappa shape index (κ2) is 12.6. The quantitative estimate of drug-likeness (QED) is 0.162. The smallest absolute Gasteiger partial charge is 0.227 e. The summed E-state index contributed by atoms with van der Waals surface area (Å²) in [6.45, 7) is 0. The first-order chi connectivity index (χ1) is 27.3. The molecule has 0 N–H and O–H groups in total. The second-order valence-corrected chi connectivity index (χ2v) is 13.9. The van der Waals surface area contributed by atoms with Crippen LogP contribution in [0.2, 0.25) is 0 Å². The first-order valence-corrected chi connectivity index (χ1v) is 18.6. The molecule has 4 heteroatoms. The number of hydrogen-bond acceptors (Lipinski definition) is 3. The lowest BCUT2D eigenvalue weighted by molar-refractivity contribution is 0.623. The van der Waals surface area contributed by atoms with E-state index in [0.717, 1.165) is 77.6 Å². The van der Waals surface area contributed by atoms with E-state index in [0.29, 0.717) is 5.89 Å². The van der Waals surface area contributed by atoms with E-state index in [1.807, 2.05) is 30.3 Å². The van der Waals surface area contributed by atoms with Gasteiger partial charge >= 0.3 is 0 Å². The summed E-state index contributed by atoms with van der Waals surface area (Å²) in [5.41, 5.74) is 11.6. The number of nitrogens with zero attached hydrogens (tertiary/aromatic N) is 3. The van der Waals surface area contributed by atoms with Crippen molar-refractivity contribution in [3.8, 4) is 28.3 Å². The molecule has 0 saturated carbocycles. The van der Waals surface area contributed by atoms with Crippen LogP contribution in [0.5, 0.6) is 0 Å². The van der Waals surface area contributed by atoms with Crippen molar-refractivity contribution in [3.63, 3.8) is 0 Å². The number of anilines is 3. The molecule has 0 saturated heterocycles. The normalized spacial score (nSPS) is 11.6. The number of fused-ring (bicyclic) bond motifs is 8. The largest absolute Gasteiger partial charge is 0.435 e. The maximum absolute atomic E-state index is 6.65. The van der Waals surface area contributed by atoms with Gasteiger partial charge in [-0.25, -0.2) is 4.98 Å². The molecule has 0 unspecified atom stereocenters. The monoisotopic (exact) mass is 703 g/mol. The predicted octanol–water partition coefficient (Wildman–Crippen LogP) is 14.0. The standard InChI is InChI=1S/C51H33N3O/c1-4-15-34(16-5-1)40-21-10-12-23-44(40)54(47-26-14-25-46-49(47)41-22-11-13-24-45(41)53(46)38-19-8-3-9-20-38)39-31-29-35-27-28-36-30-32-43-50(48(36)42(35)33-39)55-51(52-43)37-17-6-2-7-18-37/h1-33H. The predicted molar refractivity (Wildman–Crippen MR) is 229 cm³/mol. The van der Waals surface area contributed by atoms with Gasteiger partial charge in [0.25, 0.3) is 0 Å². The van der Waals surface area contributed by atoms with Gasteiger partial charge in [0.05, 0.1) is 22.4 Å². The molecule has 0 amide bonds. The maximum Gasteiger partial charge on any atom is 0.227 e. The zero-order valence-electron chi connectivity index (χ0n) is 29.8. The van der Waals surface area contributed by atoms with E-state index >= 15 is 0 Å². The van der Waals surface area contributed by atoms with Crippen molar-refractivity contribution in [2.75, 3.05) is 4.90 Å². The second-order valence-electron chi connectivity index (χ2n) is 13.9. The molecule has 0 aliphatic carbocycles. The average Bonchev–Trinajstić information content (AvgIpc) is 3.85. The van der Waals surface area contributed by atoms with Crippen molar-refractivity contribution in [3.05, 3.63) is 200 Å². The first kappa shape index (κ1) is 31.1. The number of para-hydroxylation sites is 3. The molecule has 11 aromatic rings. The molecule has 258 valence electrons. The van der Waals surface area contributed by atoms with E-state index in [1.54, 1.807) is 0 Å². The fraction of sp³-hybridized carbons (Fsp3) is 0. The summed E-state index contributed by atoms with van der Waals surface area (Å²) in [6, 6.07) is 71.1. The van der Waals surface area contributed by atoms with Crippen LogP contribution in [0.15, 0.2) is 205 Å². The molecular formula is C51H33N3O. The third kappa shape index (κ3) is 5.03. The van der Waals surface area contributed by atoms with Gasteiger partial charge in [0.2, 0.25) is 5.89 Å². The lowest BCUT2D eigenvalue weighted by atomic mass is 9.98. The van der Waals surface area contributed by atoms with Gasteiger partial charge in [-0.3, -0.25) is 0 Å². The van der Waals surface area contributed by atoms with Crippen LogP contribution in [0.25, 0.3) is 82.7 Å². The van der Waals surface area contributed by atoms with E-state index in [-0.39, 0.29) is 0 Å². The molecule has 0 spiro atoms. The Balaban J connectivity index is 1.23. The van der Waals surface area contributed by atoms with Crippen molar-refractivity contribution in [1.82, 2.24) is 9.55 Å². The molecule has 11 rings (SSSR count). The molecule has 0 aliphatic rings. The Morgan fingerprint density at radius 3 is 1.93 bits per heavy atom. The van der Waals surface area contributed by atoms with Gasteiger partial charge in [-0.1, -0.05) is 133 Å². The first-order valence-electron chi connectivity index (χ1n) is 18.6. The third-order valence-electron chi connectivity index (χ3n) is 10.8. The highest BCUT2D eigenvalue weighted by atomic mass is 16.3. The van der Waals surface area contributed by atoms with Gasteiger partial charge in [-0.2, -0.15) is 0 Å². The van der Waals surface area contributed by atoms with Crippen molar-refractivity contribution in [2.45, 2.75) is 0 Å². The number of oxazole rings is 1. The Hall–Kier alpha value is -7.43. The van der Waals surface area contributed by atoms with E-state index in [1.165, 1.54) is 16.3 Å². The highest BCUT2D eigenvalue weighted by molar-refractivity contribution is 6.20. The fourth-order valence-corrected chi connectivity index (χ4v) is 8.33. The van der Waals surface area contributed by atoms with Gasteiger partial charge in [-0.05, 0) is 88.5 Å². The highest BCUT2D eigenvalue weighted by Crippen LogP contribution is 2.47. The highest BCUT2D eigenvalue weighted by Gasteiger charge is 2.24. The Bertz CT molecular complexity index is 3200. The summed E-state index contributed by atoms with van der Waals surface area (Å²) in [4.78, 5) is 7.39. The zero-order chi connectivity index (χ0) is 36.3. The van der Waals surface area contributed by atoms with Gasteiger partial charge < -0.3 is 13.9 Å². The number of benzene rings is 9. The average molecular weight is 704 g/mol. The molecule has 0 atom stereocenters. The van der Waals surface area contributed by atoms with Crippen LogP contribution in [0.1, 0.15) is 0 Å². The summed E-state index contributed by atoms with van der Waals surface area (Å²) in [5.74, 6) is 0.621. The van der Waals surface area contributed by atoms with E-state index in [2.05, 4.69) is 179 Å². The summed E-state index contributed by atoms with van der Waals surface area (Å²) in [5, 5.41) is 6.79. The fourth-order valence-electron chi connectivity index (χ4n) is 8.33. The lowest BCUT2D eigenvalue weighted by Crippen LogP contribution is -2.11. The van der Waals surface area contributed by atoms with E-state index in [4.69, 9.17) is 9.40 Å². The van der Waals surface area contributed by atoms with Crippen LogP contribution in [0, 0.1) is 0 Å². The zero-order valence-corrected chi connectivity index (χ0v) is 29.8. The van der Waals surface area contributed by atoms with Crippen LogP contribution < -0.4 is 4.90 Å². The topological polar surface area (TPSA) is 34.2 Å². The molecule has 0 radical (unpaired) electrons. The van der Waals surface area contributed by atoms with E-state index < -0.39 is 0 Å². The Kier molecular flexibility index (Phi) is 7.14. The van der Waals surface area contributed by atoms with Crippen molar-refractivity contribution in [1.29, 1.82) is 0 Å². The van der Waals surface area contributed by atoms with Gasteiger partial charge in [0.1, 0.15) is 5.52 Å². The van der Waals surface area contributed by atoms with Crippen molar-refractivity contribution < 1.29 is 4.42 Å². The molecule has 0 fully saturated rings. The molecular weight excluding hydrogens is 671 g/mol. The SMILES string of the molecule is c1ccc(-c2nc3ccc4ccc5ccc(N(c6ccccc6-c6ccccc6)c6cccc7c6c6ccccc6n7-c6ccccc6)cc5c4c3o2)cc1. The molecule has 4 nitrogen and oxygen atoms in total. The minimum Gasteiger partial charge on any atom is -0.435 e. The summed E-state index contributed by atoms with van der Waals surface area (Å²) in [6.07, 6.45) is 0. The number of hydrogen-bond donors (Lipinski definition) is 0. The molecule has 2 heterocycles. The van der Waals surface area contributed by atoms with Gasteiger partial charge in [0.15, 0.2) is 5.58 Å². The minimum absolute atomic E-state index is 0.621. The van der Waals surface area contributed by atoms with Crippen LogP contribution in [-0.4, -0.2) is 9.55 Å². The van der Waals surface area contributed by atoms with Crippen molar-refractivity contribution in [2.24, 2.45) is 0 Å². The molecule has 55 heavy (non-hydrogen) atoms. The van der Waals surface area contributed by atoms with Gasteiger partial charge in [0, 0.05) is 38.7 Å². The lowest BCUT2D eigenvalue weighted by Gasteiger charge is -2.29. The van der Waals surface area contributed by atoms with Crippen LogP contribution >= 0.6 is 0 Å². The van der Waals surface area contributed by atoms with Crippen LogP contribution in [-0.2, 0) is 0 Å². The third-order valence-corrected chi connectivity index (χ3v) is 10.8. The Labute approximate surface area is 317 Å². The Morgan fingerprint density at radius 2 is 1.09 bits per heavy atom. The minimum atomic E-state index is 0.621. The summed E-state index contributed by atoms with van der Waals surface area (Å²) in [7, 11) is 0.